The second-order valence-electron chi connectivity index (χ2n) is 7.71. The second kappa shape index (κ2) is 11.2. The van der Waals surface area contributed by atoms with Crippen LogP contribution in [0.5, 0.6) is 11.5 Å². The van der Waals surface area contributed by atoms with Crippen LogP contribution in [-0.4, -0.2) is 49.6 Å². The Balaban J connectivity index is 0.00000272. The number of guanidine groups is 1. The number of carbonyl (C=O) groups excluding carboxylic acids is 1. The lowest BCUT2D eigenvalue weighted by Crippen LogP contribution is -2.28. The lowest BCUT2D eigenvalue weighted by Gasteiger charge is -2.16. The van der Waals surface area contributed by atoms with Gasteiger partial charge in [0.15, 0.2) is 17.5 Å². The number of halogens is 1. The molecule has 1 unspecified atom stereocenters. The van der Waals surface area contributed by atoms with Crippen molar-refractivity contribution in [2.24, 2.45) is 16.6 Å². The molecule has 1 atom stereocenters. The molecule has 1 fully saturated rings. The largest absolute Gasteiger partial charge is 0.490 e. The maximum absolute atomic E-state index is 12.3. The van der Waals surface area contributed by atoms with Crippen molar-refractivity contribution in [3.05, 3.63) is 54.1 Å². The standard InChI is InChI=1S/C23H28N4O3.HI/c24-23(26-19-7-8-20-21(14-19)30-12-4-11-29-20)25-15-18-13-22(28)27(16-18)10-9-17-5-2-1-3-6-17;/h1-3,5-8,14,18H,4,9-13,15-16H2,(H3,24,25,26);1H. The highest BCUT2D eigenvalue weighted by molar-refractivity contribution is 14.0. The number of nitrogens with one attached hydrogen (secondary N) is 1. The highest BCUT2D eigenvalue weighted by Crippen LogP contribution is 2.32. The van der Waals surface area contributed by atoms with Crippen molar-refractivity contribution in [1.29, 1.82) is 0 Å². The lowest BCUT2D eigenvalue weighted by molar-refractivity contribution is -0.127. The number of amides is 1. The van der Waals surface area contributed by atoms with Gasteiger partial charge in [-0.1, -0.05) is 30.3 Å². The predicted octanol–water partition coefficient (Wildman–Crippen LogP) is 3.28. The van der Waals surface area contributed by atoms with Crippen molar-refractivity contribution >= 4 is 41.5 Å². The molecule has 2 aliphatic heterocycles. The molecule has 0 aliphatic carbocycles. The third-order valence-corrected chi connectivity index (χ3v) is 5.35. The third kappa shape index (κ3) is 6.49. The number of likely N-dealkylation sites (tertiary alicyclic amines) is 1. The molecule has 0 bridgehead atoms. The first-order valence-electron chi connectivity index (χ1n) is 10.5. The van der Waals surface area contributed by atoms with Crippen LogP contribution in [0.15, 0.2) is 53.5 Å². The predicted molar refractivity (Wildman–Crippen MR) is 132 cm³/mol. The summed E-state index contributed by atoms with van der Waals surface area (Å²) in [5, 5.41) is 3.10. The average Bonchev–Trinajstić information content (AvgIpc) is 2.95. The number of nitrogens with two attached hydrogens (primary N) is 1. The number of anilines is 1. The van der Waals surface area contributed by atoms with Crippen LogP contribution in [0.25, 0.3) is 0 Å². The molecule has 7 nitrogen and oxygen atoms in total. The van der Waals surface area contributed by atoms with Gasteiger partial charge in [0.2, 0.25) is 5.91 Å². The minimum atomic E-state index is 0. The van der Waals surface area contributed by atoms with Crippen LogP contribution in [0.1, 0.15) is 18.4 Å². The topological polar surface area (TPSA) is 89.2 Å². The maximum atomic E-state index is 12.3. The summed E-state index contributed by atoms with van der Waals surface area (Å²) in [6.45, 7) is 3.29. The third-order valence-electron chi connectivity index (χ3n) is 5.35. The van der Waals surface area contributed by atoms with E-state index >= 15 is 0 Å². The van der Waals surface area contributed by atoms with E-state index in [4.69, 9.17) is 15.2 Å². The van der Waals surface area contributed by atoms with Crippen molar-refractivity contribution < 1.29 is 14.3 Å². The summed E-state index contributed by atoms with van der Waals surface area (Å²) in [7, 11) is 0. The van der Waals surface area contributed by atoms with Gasteiger partial charge in [0.05, 0.1) is 13.2 Å². The van der Waals surface area contributed by atoms with E-state index in [1.54, 1.807) is 0 Å². The average molecular weight is 536 g/mol. The van der Waals surface area contributed by atoms with Gasteiger partial charge in [-0.2, -0.15) is 0 Å². The van der Waals surface area contributed by atoms with Gasteiger partial charge in [-0.3, -0.25) is 9.79 Å². The van der Waals surface area contributed by atoms with Crippen molar-refractivity contribution in [3.8, 4) is 11.5 Å². The number of carbonyl (C=O) groups is 1. The Labute approximate surface area is 200 Å². The van der Waals surface area contributed by atoms with Gasteiger partial charge in [0, 0.05) is 50.1 Å². The fourth-order valence-corrected chi connectivity index (χ4v) is 3.76. The molecule has 0 saturated carbocycles. The quantitative estimate of drug-likeness (QED) is 0.336. The lowest BCUT2D eigenvalue weighted by atomic mass is 10.1. The molecule has 2 aliphatic rings. The Hall–Kier alpha value is -2.49. The monoisotopic (exact) mass is 536 g/mol. The van der Waals surface area contributed by atoms with Gasteiger partial charge in [-0.25, -0.2) is 0 Å². The summed E-state index contributed by atoms with van der Waals surface area (Å²) in [6, 6.07) is 15.9. The van der Waals surface area contributed by atoms with E-state index in [1.165, 1.54) is 5.56 Å². The van der Waals surface area contributed by atoms with Crippen LogP contribution < -0.4 is 20.5 Å². The normalized spacial score (nSPS) is 18.3. The molecule has 4 rings (SSSR count). The van der Waals surface area contributed by atoms with Crippen LogP contribution in [0.3, 0.4) is 0 Å². The molecule has 1 amide bonds. The van der Waals surface area contributed by atoms with E-state index in [2.05, 4.69) is 22.4 Å². The molecule has 2 aromatic carbocycles. The summed E-state index contributed by atoms with van der Waals surface area (Å²) < 4.78 is 11.3. The smallest absolute Gasteiger partial charge is 0.223 e. The van der Waals surface area contributed by atoms with Crippen LogP contribution in [0.2, 0.25) is 0 Å². The Morgan fingerprint density at radius 3 is 2.71 bits per heavy atom. The zero-order valence-corrected chi connectivity index (χ0v) is 19.8. The molecule has 3 N–H and O–H groups in total. The van der Waals surface area contributed by atoms with E-state index in [9.17, 15) is 4.79 Å². The number of hydrogen-bond acceptors (Lipinski definition) is 4. The molecule has 8 heteroatoms. The molecule has 0 spiro atoms. The molecule has 0 radical (unpaired) electrons. The minimum Gasteiger partial charge on any atom is -0.490 e. The zero-order valence-electron chi connectivity index (χ0n) is 17.5. The van der Waals surface area contributed by atoms with Crippen molar-refractivity contribution in [3.63, 3.8) is 0 Å². The Morgan fingerprint density at radius 1 is 1.13 bits per heavy atom. The van der Waals surface area contributed by atoms with E-state index in [0.717, 1.165) is 37.4 Å². The van der Waals surface area contributed by atoms with Gasteiger partial charge < -0.3 is 25.4 Å². The highest BCUT2D eigenvalue weighted by atomic mass is 127. The van der Waals surface area contributed by atoms with E-state index in [1.807, 2.05) is 41.3 Å². The van der Waals surface area contributed by atoms with Gasteiger partial charge in [-0.05, 0) is 24.1 Å². The first-order chi connectivity index (χ1) is 14.7. The molecule has 2 heterocycles. The fraction of sp³-hybridized carbons (Fsp3) is 0.391. The van der Waals surface area contributed by atoms with Crippen molar-refractivity contribution in [2.75, 3.05) is 38.2 Å². The summed E-state index contributed by atoms with van der Waals surface area (Å²) in [5.74, 6) is 2.17. The highest BCUT2D eigenvalue weighted by Gasteiger charge is 2.28. The van der Waals surface area contributed by atoms with Gasteiger partial charge >= 0.3 is 0 Å². The number of benzene rings is 2. The molecule has 2 aromatic rings. The first kappa shape index (κ1) is 23.2. The van der Waals surface area contributed by atoms with Gasteiger partial charge in [0.1, 0.15) is 0 Å². The van der Waals surface area contributed by atoms with Crippen LogP contribution in [0, 0.1) is 5.92 Å². The number of nitrogens with zero attached hydrogens (tertiary/aromatic N) is 2. The zero-order chi connectivity index (χ0) is 20.8. The van der Waals surface area contributed by atoms with Gasteiger partial charge in [-0.15, -0.1) is 24.0 Å². The van der Waals surface area contributed by atoms with E-state index in [-0.39, 0.29) is 35.8 Å². The van der Waals surface area contributed by atoms with Crippen LogP contribution >= 0.6 is 24.0 Å². The van der Waals surface area contributed by atoms with Crippen molar-refractivity contribution in [1.82, 2.24) is 4.90 Å². The number of rotatable bonds is 6. The molecule has 0 aromatic heterocycles. The van der Waals surface area contributed by atoms with Crippen molar-refractivity contribution in [2.45, 2.75) is 19.3 Å². The number of aliphatic imine (C=N–C) groups is 1. The Morgan fingerprint density at radius 2 is 1.90 bits per heavy atom. The molecule has 1 saturated heterocycles. The fourth-order valence-electron chi connectivity index (χ4n) is 3.76. The maximum Gasteiger partial charge on any atom is 0.223 e. The minimum absolute atomic E-state index is 0. The summed E-state index contributed by atoms with van der Waals surface area (Å²) in [4.78, 5) is 18.7. The SMILES string of the molecule is I.NC(=NCC1CC(=O)N(CCc2ccccc2)C1)Nc1ccc2c(c1)OCCCO2. The Bertz CT molecular complexity index is 907. The molecule has 31 heavy (non-hydrogen) atoms. The van der Waals surface area contributed by atoms with Crippen LogP contribution in [0.4, 0.5) is 5.69 Å². The molecular formula is C23H29IN4O3. The van der Waals surface area contributed by atoms with E-state index < -0.39 is 0 Å². The number of fused-ring (bicyclic) bond motifs is 1. The Kier molecular flexibility index (Phi) is 8.39. The molecule has 166 valence electrons. The molecular weight excluding hydrogens is 507 g/mol. The summed E-state index contributed by atoms with van der Waals surface area (Å²) >= 11 is 0. The van der Waals surface area contributed by atoms with Crippen LogP contribution in [-0.2, 0) is 11.2 Å². The van der Waals surface area contributed by atoms with Gasteiger partial charge in [0.25, 0.3) is 0 Å². The summed E-state index contributed by atoms with van der Waals surface area (Å²) in [5.41, 5.74) is 8.11. The van der Waals surface area contributed by atoms with E-state index in [0.29, 0.717) is 37.9 Å². The second-order valence-corrected chi connectivity index (χ2v) is 7.71. The summed E-state index contributed by atoms with van der Waals surface area (Å²) in [6.07, 6.45) is 2.26. The number of hydrogen-bond donors (Lipinski definition) is 2. The number of ether oxygens (including phenoxy) is 2. The first-order valence-corrected chi connectivity index (χ1v) is 10.5.